The molecule has 1 amide bonds. The van der Waals surface area contributed by atoms with Gasteiger partial charge in [-0.15, -0.1) is 4.99 Å². The van der Waals surface area contributed by atoms with Crippen molar-refractivity contribution in [3.05, 3.63) is 53.5 Å². The van der Waals surface area contributed by atoms with Crippen LogP contribution < -0.4 is 16.8 Å². The van der Waals surface area contributed by atoms with Crippen molar-refractivity contribution in [2.75, 3.05) is 25.4 Å². The Kier molecular flexibility index (Phi) is 5.93. The van der Waals surface area contributed by atoms with Crippen molar-refractivity contribution >= 4 is 17.7 Å². The van der Waals surface area contributed by atoms with E-state index in [9.17, 15) is 4.79 Å². The van der Waals surface area contributed by atoms with Crippen LogP contribution in [0.4, 0.5) is 5.82 Å². The number of guanidine groups is 1. The van der Waals surface area contributed by atoms with E-state index in [2.05, 4.69) is 32.4 Å². The van der Waals surface area contributed by atoms with Crippen LogP contribution in [0.3, 0.4) is 0 Å². The molecule has 0 unspecified atom stereocenters. The second kappa shape index (κ2) is 8.56. The summed E-state index contributed by atoms with van der Waals surface area (Å²) in [6.45, 7) is 3.74. The molecule has 0 aliphatic carbocycles. The number of aromatic nitrogens is 2. The summed E-state index contributed by atoms with van der Waals surface area (Å²) in [5.41, 5.74) is 13.8. The van der Waals surface area contributed by atoms with Gasteiger partial charge in [-0.1, -0.05) is 29.8 Å². The molecule has 29 heavy (non-hydrogen) atoms. The predicted molar refractivity (Wildman–Crippen MR) is 110 cm³/mol. The Labute approximate surface area is 169 Å². The molecule has 1 aliphatic heterocycles. The van der Waals surface area contributed by atoms with Gasteiger partial charge in [-0.2, -0.15) is 5.26 Å². The number of benzene rings is 1. The number of carbonyl (C=O) groups excluding carboxylic acids is 1. The molecule has 0 radical (unpaired) electrons. The number of hydrogen-bond acceptors (Lipinski definition) is 6. The van der Waals surface area contributed by atoms with Crippen LogP contribution in [0.25, 0.3) is 0 Å². The van der Waals surface area contributed by atoms with Crippen molar-refractivity contribution in [2.24, 2.45) is 10.7 Å². The number of nitrogens with two attached hydrogens (primary N) is 2. The van der Waals surface area contributed by atoms with E-state index in [0.29, 0.717) is 19.6 Å². The third-order valence-corrected chi connectivity index (χ3v) is 5.37. The Morgan fingerprint density at radius 2 is 2.07 bits per heavy atom. The fourth-order valence-electron chi connectivity index (χ4n) is 3.69. The zero-order chi connectivity index (χ0) is 20.9. The maximum absolute atomic E-state index is 12.6. The molecular formula is C20H24N8O. The number of rotatable bonds is 4. The highest BCUT2D eigenvalue weighted by Crippen LogP contribution is 2.35. The minimum atomic E-state index is -0.351. The van der Waals surface area contributed by atoms with Gasteiger partial charge in [0.1, 0.15) is 0 Å². The average molecular weight is 392 g/mol. The average Bonchev–Trinajstić information content (AvgIpc) is 2.73. The number of nitrogen functional groups attached to an aromatic ring is 1. The summed E-state index contributed by atoms with van der Waals surface area (Å²) in [7, 11) is 0. The minimum absolute atomic E-state index is 0.102. The lowest BCUT2D eigenvalue weighted by atomic mass is 9.72. The summed E-state index contributed by atoms with van der Waals surface area (Å²) in [6.07, 6.45) is 6.11. The highest BCUT2D eigenvalue weighted by Gasteiger charge is 2.37. The van der Waals surface area contributed by atoms with Crippen molar-refractivity contribution in [3.63, 3.8) is 0 Å². The number of aliphatic imine (C=N–C) groups is 1. The SMILES string of the molecule is Cc1cccc(C2(CNC(=O)c3nccnc3N)CCN(C(N)=NC#N)CC2)c1. The zero-order valence-corrected chi connectivity index (χ0v) is 16.3. The van der Waals surface area contributed by atoms with Crippen LogP contribution in [0.5, 0.6) is 0 Å². The van der Waals surface area contributed by atoms with E-state index in [1.165, 1.54) is 12.4 Å². The van der Waals surface area contributed by atoms with Gasteiger partial charge < -0.3 is 21.7 Å². The first kappa shape index (κ1) is 20.1. The van der Waals surface area contributed by atoms with Crippen LogP contribution in [0.1, 0.15) is 34.5 Å². The third-order valence-electron chi connectivity index (χ3n) is 5.37. The monoisotopic (exact) mass is 392 g/mol. The lowest BCUT2D eigenvalue weighted by Crippen LogP contribution is -2.52. The van der Waals surface area contributed by atoms with E-state index in [1.54, 1.807) is 6.19 Å². The highest BCUT2D eigenvalue weighted by atomic mass is 16.1. The number of hydrogen-bond donors (Lipinski definition) is 3. The van der Waals surface area contributed by atoms with Gasteiger partial charge in [-0.3, -0.25) is 4.79 Å². The van der Waals surface area contributed by atoms with Crippen LogP contribution >= 0.6 is 0 Å². The van der Waals surface area contributed by atoms with E-state index >= 15 is 0 Å². The predicted octanol–water partition coefficient (Wildman–Crippen LogP) is 0.927. The first-order valence-electron chi connectivity index (χ1n) is 9.34. The lowest BCUT2D eigenvalue weighted by Gasteiger charge is -2.42. The number of anilines is 1. The number of nitriles is 1. The van der Waals surface area contributed by atoms with Crippen LogP contribution in [0.2, 0.25) is 0 Å². The molecule has 0 bridgehead atoms. The van der Waals surface area contributed by atoms with Gasteiger partial charge in [0, 0.05) is 37.4 Å². The van der Waals surface area contributed by atoms with Gasteiger partial charge in [0.2, 0.25) is 12.2 Å². The largest absolute Gasteiger partial charge is 0.382 e. The molecule has 0 saturated carbocycles. The van der Waals surface area contributed by atoms with E-state index in [-0.39, 0.29) is 28.8 Å². The first-order chi connectivity index (χ1) is 13.9. The number of piperidine rings is 1. The maximum atomic E-state index is 12.6. The van der Waals surface area contributed by atoms with Gasteiger partial charge in [0.25, 0.3) is 5.91 Å². The van der Waals surface area contributed by atoms with E-state index in [4.69, 9.17) is 16.7 Å². The van der Waals surface area contributed by atoms with Crippen molar-refractivity contribution < 1.29 is 4.79 Å². The molecule has 2 aromatic rings. The number of nitrogens with one attached hydrogen (secondary N) is 1. The molecule has 150 valence electrons. The summed E-state index contributed by atoms with van der Waals surface area (Å²) in [6, 6.07) is 8.29. The summed E-state index contributed by atoms with van der Waals surface area (Å²) in [5.74, 6) is -0.0257. The molecule has 1 aliphatic rings. The van der Waals surface area contributed by atoms with Gasteiger partial charge in [-0.25, -0.2) is 9.97 Å². The second-order valence-corrected chi connectivity index (χ2v) is 7.18. The fourth-order valence-corrected chi connectivity index (χ4v) is 3.69. The zero-order valence-electron chi connectivity index (χ0n) is 16.3. The molecule has 3 rings (SSSR count). The van der Waals surface area contributed by atoms with Crippen LogP contribution in [-0.2, 0) is 5.41 Å². The molecule has 5 N–H and O–H groups in total. The van der Waals surface area contributed by atoms with Gasteiger partial charge in [-0.05, 0) is 25.3 Å². The quantitative estimate of drug-likeness (QED) is 0.398. The Hall–Kier alpha value is -3.67. The van der Waals surface area contributed by atoms with Gasteiger partial charge >= 0.3 is 0 Å². The lowest BCUT2D eigenvalue weighted by molar-refractivity contribution is 0.0928. The van der Waals surface area contributed by atoms with Gasteiger partial charge in [0.15, 0.2) is 11.5 Å². The molecule has 0 atom stereocenters. The molecule has 9 nitrogen and oxygen atoms in total. The molecule has 1 aromatic carbocycles. The summed E-state index contributed by atoms with van der Waals surface area (Å²) in [4.78, 5) is 26.1. The molecule has 0 spiro atoms. The molecule has 1 fully saturated rings. The van der Waals surface area contributed by atoms with Crippen LogP contribution in [0, 0.1) is 18.4 Å². The van der Waals surface area contributed by atoms with Crippen LogP contribution in [0.15, 0.2) is 41.7 Å². The smallest absolute Gasteiger partial charge is 0.273 e. The van der Waals surface area contributed by atoms with E-state index < -0.39 is 0 Å². The van der Waals surface area contributed by atoms with Crippen molar-refractivity contribution in [1.29, 1.82) is 5.26 Å². The van der Waals surface area contributed by atoms with Gasteiger partial charge in [0.05, 0.1) is 0 Å². The summed E-state index contributed by atoms with van der Waals surface area (Å²) >= 11 is 0. The molecular weight excluding hydrogens is 368 g/mol. The second-order valence-electron chi connectivity index (χ2n) is 7.18. The molecule has 1 aromatic heterocycles. The number of carbonyl (C=O) groups is 1. The summed E-state index contributed by atoms with van der Waals surface area (Å²) < 4.78 is 0. The Balaban J connectivity index is 1.82. The maximum Gasteiger partial charge on any atom is 0.273 e. The third kappa shape index (κ3) is 4.43. The molecule has 9 heteroatoms. The number of amides is 1. The Morgan fingerprint density at radius 3 is 2.72 bits per heavy atom. The highest BCUT2D eigenvalue weighted by molar-refractivity contribution is 5.96. The van der Waals surface area contributed by atoms with E-state index in [0.717, 1.165) is 24.0 Å². The van der Waals surface area contributed by atoms with Crippen molar-refractivity contribution in [2.45, 2.75) is 25.2 Å². The number of aryl methyl sites for hydroxylation is 1. The Morgan fingerprint density at radius 1 is 1.34 bits per heavy atom. The number of nitrogens with zero attached hydrogens (tertiary/aromatic N) is 5. The van der Waals surface area contributed by atoms with Crippen molar-refractivity contribution in [3.8, 4) is 6.19 Å². The Bertz CT molecular complexity index is 957. The van der Waals surface area contributed by atoms with Crippen molar-refractivity contribution in [1.82, 2.24) is 20.2 Å². The minimum Gasteiger partial charge on any atom is -0.382 e. The number of likely N-dealkylation sites (tertiary alicyclic amines) is 1. The fraction of sp³-hybridized carbons (Fsp3) is 0.350. The van der Waals surface area contributed by atoms with Crippen LogP contribution in [-0.4, -0.2) is 46.4 Å². The normalized spacial score (nSPS) is 16.1. The standard InChI is InChI=1S/C20H24N8O/c1-14-3-2-4-15(11-14)20(5-9-28(10-6-20)19(23)27-13-21)12-26-18(29)16-17(22)25-8-7-24-16/h2-4,7-8,11H,5-6,9-10,12H2,1H3,(H2,22,25)(H2,23,27)(H,26,29). The summed E-state index contributed by atoms with van der Waals surface area (Å²) in [5, 5.41) is 11.7. The molecule has 2 heterocycles. The first-order valence-corrected chi connectivity index (χ1v) is 9.34. The van der Waals surface area contributed by atoms with E-state index in [1.807, 2.05) is 24.0 Å². The topological polar surface area (TPSA) is 146 Å². The molecule has 1 saturated heterocycles.